The molecule has 28 heavy (non-hydrogen) atoms. The zero-order valence-electron chi connectivity index (χ0n) is 18.9. The molecule has 0 saturated heterocycles. The molecule has 1 atom stereocenters. The van der Waals surface area contributed by atoms with Gasteiger partial charge in [-0.3, -0.25) is 4.79 Å². The Kier molecular flexibility index (Phi) is 25.2. The van der Waals surface area contributed by atoms with Crippen molar-refractivity contribution in [2.24, 2.45) is 5.73 Å². The largest absolute Gasteiger partial charge is 0.481 e. The minimum absolute atomic E-state index is 0.172. The summed E-state index contributed by atoms with van der Waals surface area (Å²) in [5.74, 6) is -0.689. The van der Waals surface area contributed by atoms with Gasteiger partial charge in [-0.2, -0.15) is 0 Å². The number of allylic oxidation sites excluding steroid dienone is 1. The van der Waals surface area contributed by atoms with Crippen LogP contribution in [0.1, 0.15) is 96.8 Å². The smallest absolute Gasteiger partial charge is 0.303 e. The molecule has 0 aromatic carbocycles. The molecule has 0 heterocycles. The molecular weight excluding hydrogens is 352 g/mol. The zero-order chi connectivity index (χ0) is 21.5. The Morgan fingerprint density at radius 3 is 2.18 bits per heavy atom. The van der Waals surface area contributed by atoms with Crippen LogP contribution in [-0.2, 0) is 4.79 Å². The van der Waals surface area contributed by atoms with Crippen LogP contribution < -0.4 is 5.73 Å². The first-order valence-corrected chi connectivity index (χ1v) is 11.3. The van der Waals surface area contributed by atoms with Gasteiger partial charge in [-0.1, -0.05) is 64.0 Å². The molecule has 0 amide bonds. The van der Waals surface area contributed by atoms with Crippen LogP contribution in [-0.4, -0.2) is 54.4 Å². The summed E-state index contributed by atoms with van der Waals surface area (Å²) in [6, 6.07) is 0. The minimum atomic E-state index is -0.689. The Hall–Kier alpha value is -0.910. The normalized spacial score (nSPS) is 12.2. The quantitative estimate of drug-likeness (QED) is 0.223. The van der Waals surface area contributed by atoms with Crippen molar-refractivity contribution in [3.8, 4) is 0 Å². The van der Waals surface area contributed by atoms with Crippen molar-refractivity contribution in [1.82, 2.24) is 4.90 Å². The van der Waals surface area contributed by atoms with Gasteiger partial charge in [0.2, 0.25) is 0 Å². The summed E-state index contributed by atoms with van der Waals surface area (Å²) in [6.07, 6.45) is 18.5. The second-order valence-electron chi connectivity index (χ2n) is 7.86. The molecule has 0 rings (SSSR count). The molecule has 1 unspecified atom stereocenters. The lowest BCUT2D eigenvalue weighted by atomic mass is 10.1. The third-order valence-electron chi connectivity index (χ3n) is 4.54. The molecule has 4 N–H and O–H groups in total. The first kappa shape index (κ1) is 29.3. The van der Waals surface area contributed by atoms with Gasteiger partial charge in [0.25, 0.3) is 0 Å². The van der Waals surface area contributed by atoms with Gasteiger partial charge in [0.05, 0.1) is 6.10 Å². The van der Waals surface area contributed by atoms with E-state index in [1.165, 1.54) is 25.7 Å². The van der Waals surface area contributed by atoms with Crippen LogP contribution >= 0.6 is 0 Å². The zero-order valence-corrected chi connectivity index (χ0v) is 18.9. The fraction of sp³-hybridized carbons (Fsp3) is 0.870. The van der Waals surface area contributed by atoms with Crippen LogP contribution in [0.3, 0.4) is 0 Å². The molecule has 168 valence electrons. The predicted molar refractivity (Wildman–Crippen MR) is 121 cm³/mol. The highest BCUT2D eigenvalue weighted by Crippen LogP contribution is 2.10. The first-order valence-electron chi connectivity index (χ1n) is 11.3. The average molecular weight is 401 g/mol. The molecule has 0 aromatic rings. The van der Waals surface area contributed by atoms with Crippen molar-refractivity contribution >= 4 is 5.97 Å². The van der Waals surface area contributed by atoms with Gasteiger partial charge in [0.1, 0.15) is 0 Å². The van der Waals surface area contributed by atoms with Crippen LogP contribution in [0.4, 0.5) is 0 Å². The monoisotopic (exact) mass is 400 g/mol. The fourth-order valence-electron chi connectivity index (χ4n) is 2.77. The number of aliphatic hydroxyl groups is 1. The van der Waals surface area contributed by atoms with Crippen molar-refractivity contribution in [3.05, 3.63) is 12.2 Å². The van der Waals surface area contributed by atoms with E-state index in [9.17, 15) is 9.90 Å². The Labute approximate surface area is 174 Å². The highest BCUT2D eigenvalue weighted by Gasteiger charge is 2.00. The summed E-state index contributed by atoms with van der Waals surface area (Å²) >= 11 is 0. The summed E-state index contributed by atoms with van der Waals surface area (Å²) < 4.78 is 0. The predicted octanol–water partition coefficient (Wildman–Crippen LogP) is 4.98. The number of aliphatic hydroxyl groups excluding tert-OH is 1. The number of unbranched alkanes of at least 4 members (excludes halogenated alkanes) is 8. The van der Waals surface area contributed by atoms with Gasteiger partial charge in [0.15, 0.2) is 0 Å². The molecule has 0 radical (unpaired) electrons. The molecule has 0 fully saturated rings. The van der Waals surface area contributed by atoms with Crippen molar-refractivity contribution < 1.29 is 15.0 Å². The van der Waals surface area contributed by atoms with E-state index in [0.29, 0.717) is 6.42 Å². The molecule has 0 aliphatic rings. The Morgan fingerprint density at radius 1 is 0.964 bits per heavy atom. The number of rotatable bonds is 18. The highest BCUT2D eigenvalue weighted by molar-refractivity contribution is 5.66. The van der Waals surface area contributed by atoms with Gasteiger partial charge in [-0.05, 0) is 65.7 Å². The maximum atomic E-state index is 10.3. The van der Waals surface area contributed by atoms with Gasteiger partial charge in [-0.15, -0.1) is 0 Å². The van der Waals surface area contributed by atoms with Crippen LogP contribution in [0.2, 0.25) is 0 Å². The number of aliphatic carboxylic acids is 1. The molecule has 0 bridgehead atoms. The number of hydrogen-bond acceptors (Lipinski definition) is 4. The van der Waals surface area contributed by atoms with E-state index in [1.54, 1.807) is 0 Å². The van der Waals surface area contributed by atoms with E-state index < -0.39 is 5.97 Å². The Morgan fingerprint density at radius 2 is 1.61 bits per heavy atom. The van der Waals surface area contributed by atoms with Crippen LogP contribution in [0.25, 0.3) is 0 Å². The lowest BCUT2D eigenvalue weighted by Gasteiger charge is -2.07. The average Bonchev–Trinajstić information content (AvgIpc) is 2.65. The lowest BCUT2D eigenvalue weighted by molar-refractivity contribution is -0.137. The first-order chi connectivity index (χ1) is 13.4. The Balaban J connectivity index is 0. The minimum Gasteiger partial charge on any atom is -0.481 e. The molecular formula is C23H48N2O3. The second-order valence-corrected chi connectivity index (χ2v) is 7.86. The molecule has 0 aliphatic carbocycles. The molecule has 0 aliphatic heterocycles. The number of hydrogen-bond donors (Lipinski definition) is 3. The number of carboxylic acid groups (broad SMARTS) is 1. The summed E-state index contributed by atoms with van der Waals surface area (Å²) in [6.45, 7) is 4.11. The topological polar surface area (TPSA) is 86.8 Å². The number of carboxylic acids is 1. The second kappa shape index (κ2) is 24.1. The third kappa shape index (κ3) is 29.8. The Bertz CT molecular complexity index is 347. The van der Waals surface area contributed by atoms with Crippen molar-refractivity contribution in [3.63, 3.8) is 0 Å². The van der Waals surface area contributed by atoms with E-state index in [4.69, 9.17) is 10.8 Å². The fourth-order valence-corrected chi connectivity index (χ4v) is 2.77. The maximum Gasteiger partial charge on any atom is 0.303 e. The van der Waals surface area contributed by atoms with Crippen LogP contribution in [0.5, 0.6) is 0 Å². The number of carbonyl (C=O) groups is 1. The highest BCUT2D eigenvalue weighted by atomic mass is 16.4. The van der Waals surface area contributed by atoms with E-state index in [1.807, 2.05) is 0 Å². The van der Waals surface area contributed by atoms with Crippen molar-refractivity contribution in [2.75, 3.05) is 27.2 Å². The SMILES string of the molecule is CCCCCCC(O)C/C=C\CCCCCCCC(=O)O.CN(C)CCCN. The molecule has 0 aromatic heterocycles. The lowest BCUT2D eigenvalue weighted by Crippen LogP contribution is -2.16. The molecule has 5 nitrogen and oxygen atoms in total. The number of nitrogens with two attached hydrogens (primary N) is 1. The van der Waals surface area contributed by atoms with E-state index >= 15 is 0 Å². The van der Waals surface area contributed by atoms with E-state index in [2.05, 4.69) is 38.1 Å². The van der Waals surface area contributed by atoms with Gasteiger partial charge in [0, 0.05) is 6.42 Å². The van der Waals surface area contributed by atoms with Gasteiger partial charge in [-0.25, -0.2) is 0 Å². The standard InChI is InChI=1S/C18H34O3.C5H14N2/c1-2-3-4-11-14-17(19)15-12-9-7-5-6-8-10-13-16-18(20)21;1-7(2)5-3-4-6/h9,12,17,19H,2-8,10-11,13-16H2,1H3,(H,20,21);3-6H2,1-2H3/b12-9-;. The third-order valence-corrected chi connectivity index (χ3v) is 4.54. The van der Waals surface area contributed by atoms with Crippen LogP contribution in [0, 0.1) is 0 Å². The van der Waals surface area contributed by atoms with Crippen LogP contribution in [0.15, 0.2) is 12.2 Å². The molecule has 0 spiro atoms. The summed E-state index contributed by atoms with van der Waals surface area (Å²) in [5.41, 5.74) is 5.25. The maximum absolute atomic E-state index is 10.3. The van der Waals surface area contributed by atoms with Gasteiger partial charge >= 0.3 is 5.97 Å². The van der Waals surface area contributed by atoms with E-state index in [-0.39, 0.29) is 6.10 Å². The summed E-state index contributed by atoms with van der Waals surface area (Å²) in [5, 5.41) is 18.3. The van der Waals surface area contributed by atoms with Gasteiger partial charge < -0.3 is 20.8 Å². The van der Waals surface area contributed by atoms with Crippen molar-refractivity contribution in [1.29, 1.82) is 0 Å². The number of nitrogens with zero attached hydrogens (tertiary/aromatic N) is 1. The summed E-state index contributed by atoms with van der Waals surface area (Å²) in [7, 11) is 4.10. The summed E-state index contributed by atoms with van der Waals surface area (Å²) in [4.78, 5) is 12.5. The van der Waals surface area contributed by atoms with E-state index in [0.717, 1.165) is 70.9 Å². The molecule has 0 saturated carbocycles. The van der Waals surface area contributed by atoms with Crippen molar-refractivity contribution in [2.45, 2.75) is 103 Å². The molecule has 5 heteroatoms.